The van der Waals surface area contributed by atoms with Gasteiger partial charge in [0.15, 0.2) is 11.5 Å². The standard InChI is InChI=1S/C13H19NO3/c1-15-8-4-7-14-9-11-10-16-12-5-2-3-6-13(12)17-11/h2-3,5-6,11,14H,4,7-10H2,1H3. The average Bonchev–Trinajstić information content (AvgIpc) is 2.38. The summed E-state index contributed by atoms with van der Waals surface area (Å²) >= 11 is 0. The van der Waals surface area contributed by atoms with Gasteiger partial charge in [-0.25, -0.2) is 0 Å². The van der Waals surface area contributed by atoms with Crippen LogP contribution in [0, 0.1) is 0 Å². The van der Waals surface area contributed by atoms with Gasteiger partial charge in [0.05, 0.1) is 0 Å². The Kier molecular flexibility index (Phi) is 4.64. The van der Waals surface area contributed by atoms with Gasteiger partial charge in [-0.05, 0) is 25.1 Å². The van der Waals surface area contributed by atoms with Crippen LogP contribution >= 0.6 is 0 Å². The highest BCUT2D eigenvalue weighted by atomic mass is 16.6. The predicted molar refractivity (Wildman–Crippen MR) is 65.7 cm³/mol. The lowest BCUT2D eigenvalue weighted by Gasteiger charge is -2.26. The predicted octanol–water partition coefficient (Wildman–Crippen LogP) is 1.45. The zero-order valence-corrected chi connectivity index (χ0v) is 10.1. The van der Waals surface area contributed by atoms with Crippen LogP contribution in [0.15, 0.2) is 24.3 Å². The van der Waals surface area contributed by atoms with Crippen LogP contribution in [-0.4, -0.2) is 39.5 Å². The van der Waals surface area contributed by atoms with Crippen LogP contribution in [0.1, 0.15) is 6.42 Å². The van der Waals surface area contributed by atoms with Gasteiger partial charge in [-0.3, -0.25) is 0 Å². The Hall–Kier alpha value is -1.26. The Labute approximate surface area is 102 Å². The molecule has 1 aromatic rings. The summed E-state index contributed by atoms with van der Waals surface area (Å²) in [5.74, 6) is 1.67. The number of hydrogen-bond donors (Lipinski definition) is 1. The van der Waals surface area contributed by atoms with E-state index in [1.165, 1.54) is 0 Å². The van der Waals surface area contributed by atoms with E-state index < -0.39 is 0 Å². The SMILES string of the molecule is COCCCNCC1COc2ccccc2O1. The minimum Gasteiger partial charge on any atom is -0.486 e. The molecule has 0 aliphatic carbocycles. The molecule has 17 heavy (non-hydrogen) atoms. The summed E-state index contributed by atoms with van der Waals surface area (Å²) in [5.41, 5.74) is 0. The van der Waals surface area contributed by atoms with Gasteiger partial charge >= 0.3 is 0 Å². The highest BCUT2D eigenvalue weighted by Gasteiger charge is 2.19. The number of hydrogen-bond acceptors (Lipinski definition) is 4. The molecule has 1 atom stereocenters. The van der Waals surface area contributed by atoms with Crippen molar-refractivity contribution in [3.05, 3.63) is 24.3 Å². The molecular formula is C13H19NO3. The van der Waals surface area contributed by atoms with Crippen LogP contribution in [0.25, 0.3) is 0 Å². The van der Waals surface area contributed by atoms with E-state index in [4.69, 9.17) is 14.2 Å². The van der Waals surface area contributed by atoms with E-state index >= 15 is 0 Å². The van der Waals surface area contributed by atoms with Gasteiger partial charge < -0.3 is 19.5 Å². The quantitative estimate of drug-likeness (QED) is 0.760. The molecule has 0 bridgehead atoms. The molecule has 4 nitrogen and oxygen atoms in total. The Morgan fingerprint density at radius 2 is 2.18 bits per heavy atom. The number of rotatable bonds is 6. The molecule has 0 radical (unpaired) electrons. The maximum Gasteiger partial charge on any atom is 0.161 e. The van der Waals surface area contributed by atoms with E-state index in [1.807, 2.05) is 24.3 Å². The molecule has 1 aliphatic rings. The molecule has 1 unspecified atom stereocenters. The topological polar surface area (TPSA) is 39.7 Å². The van der Waals surface area contributed by atoms with Crippen molar-refractivity contribution in [3.8, 4) is 11.5 Å². The summed E-state index contributed by atoms with van der Waals surface area (Å²) in [7, 11) is 1.72. The van der Waals surface area contributed by atoms with Gasteiger partial charge in [-0.1, -0.05) is 12.1 Å². The van der Waals surface area contributed by atoms with Crippen molar-refractivity contribution in [1.82, 2.24) is 5.32 Å². The van der Waals surface area contributed by atoms with Crippen molar-refractivity contribution in [2.45, 2.75) is 12.5 Å². The lowest BCUT2D eigenvalue weighted by Crippen LogP contribution is -2.38. The summed E-state index contributed by atoms with van der Waals surface area (Å²) < 4.78 is 16.4. The molecule has 1 N–H and O–H groups in total. The normalized spacial score (nSPS) is 18.1. The van der Waals surface area contributed by atoms with Crippen LogP contribution in [-0.2, 0) is 4.74 Å². The van der Waals surface area contributed by atoms with Gasteiger partial charge in [0, 0.05) is 20.3 Å². The maximum atomic E-state index is 5.82. The van der Waals surface area contributed by atoms with Crippen LogP contribution in [0.4, 0.5) is 0 Å². The van der Waals surface area contributed by atoms with Crippen LogP contribution in [0.2, 0.25) is 0 Å². The zero-order valence-electron chi connectivity index (χ0n) is 10.1. The molecular weight excluding hydrogens is 218 g/mol. The molecule has 0 spiro atoms. The third-order valence-corrected chi connectivity index (χ3v) is 2.64. The lowest BCUT2D eigenvalue weighted by molar-refractivity contribution is 0.0898. The van der Waals surface area contributed by atoms with E-state index in [1.54, 1.807) is 7.11 Å². The summed E-state index contributed by atoms with van der Waals surface area (Å²) in [6.45, 7) is 3.14. The molecule has 0 aromatic heterocycles. The fraction of sp³-hybridized carbons (Fsp3) is 0.538. The first kappa shape index (κ1) is 12.2. The fourth-order valence-corrected chi connectivity index (χ4v) is 1.77. The summed E-state index contributed by atoms with van der Waals surface area (Å²) in [4.78, 5) is 0. The lowest BCUT2D eigenvalue weighted by atomic mass is 10.2. The van der Waals surface area contributed by atoms with Crippen LogP contribution in [0.3, 0.4) is 0 Å². The smallest absolute Gasteiger partial charge is 0.161 e. The van der Waals surface area contributed by atoms with Crippen molar-refractivity contribution >= 4 is 0 Å². The second kappa shape index (κ2) is 6.47. The number of methoxy groups -OCH3 is 1. The molecule has 0 saturated carbocycles. The largest absolute Gasteiger partial charge is 0.486 e. The van der Waals surface area contributed by atoms with Crippen molar-refractivity contribution < 1.29 is 14.2 Å². The second-order valence-corrected chi connectivity index (χ2v) is 4.05. The zero-order chi connectivity index (χ0) is 11.9. The highest BCUT2D eigenvalue weighted by Crippen LogP contribution is 2.30. The van der Waals surface area contributed by atoms with E-state index in [0.717, 1.165) is 37.6 Å². The van der Waals surface area contributed by atoms with Gasteiger partial charge in [0.1, 0.15) is 12.7 Å². The first-order chi connectivity index (χ1) is 8.40. The molecule has 0 saturated heterocycles. The van der Waals surface area contributed by atoms with Crippen molar-refractivity contribution in [2.24, 2.45) is 0 Å². The second-order valence-electron chi connectivity index (χ2n) is 4.05. The Morgan fingerprint density at radius 1 is 1.35 bits per heavy atom. The van der Waals surface area contributed by atoms with Crippen LogP contribution < -0.4 is 14.8 Å². The van der Waals surface area contributed by atoms with Gasteiger partial charge in [-0.2, -0.15) is 0 Å². The minimum absolute atomic E-state index is 0.0902. The first-order valence-electron chi connectivity index (χ1n) is 5.98. The number of fused-ring (bicyclic) bond motifs is 1. The monoisotopic (exact) mass is 237 g/mol. The van der Waals surface area contributed by atoms with Crippen LogP contribution in [0.5, 0.6) is 11.5 Å². The molecule has 4 heteroatoms. The highest BCUT2D eigenvalue weighted by molar-refractivity contribution is 5.40. The molecule has 1 aliphatic heterocycles. The Morgan fingerprint density at radius 3 is 3.00 bits per heavy atom. The van der Waals surface area contributed by atoms with E-state index in [9.17, 15) is 0 Å². The fourth-order valence-electron chi connectivity index (χ4n) is 1.77. The number of para-hydroxylation sites is 2. The van der Waals surface area contributed by atoms with Crippen molar-refractivity contribution in [3.63, 3.8) is 0 Å². The summed E-state index contributed by atoms with van der Waals surface area (Å²) in [6, 6.07) is 7.77. The Bertz CT molecular complexity index is 343. The average molecular weight is 237 g/mol. The first-order valence-corrected chi connectivity index (χ1v) is 5.98. The third kappa shape index (κ3) is 3.61. The van der Waals surface area contributed by atoms with Gasteiger partial charge in [0.2, 0.25) is 0 Å². The van der Waals surface area contributed by atoms with E-state index in [2.05, 4.69) is 5.32 Å². The molecule has 94 valence electrons. The van der Waals surface area contributed by atoms with Gasteiger partial charge in [-0.15, -0.1) is 0 Å². The molecule has 0 amide bonds. The van der Waals surface area contributed by atoms with Crippen molar-refractivity contribution in [2.75, 3.05) is 33.4 Å². The minimum atomic E-state index is 0.0902. The number of benzene rings is 1. The van der Waals surface area contributed by atoms with Gasteiger partial charge in [0.25, 0.3) is 0 Å². The molecule has 0 fully saturated rings. The third-order valence-electron chi connectivity index (χ3n) is 2.64. The molecule has 1 heterocycles. The number of nitrogens with one attached hydrogen (secondary N) is 1. The van der Waals surface area contributed by atoms with E-state index in [0.29, 0.717) is 6.61 Å². The maximum absolute atomic E-state index is 5.82. The van der Waals surface area contributed by atoms with Crippen molar-refractivity contribution in [1.29, 1.82) is 0 Å². The molecule has 1 aromatic carbocycles. The summed E-state index contributed by atoms with van der Waals surface area (Å²) in [5, 5.41) is 3.34. The molecule has 2 rings (SSSR count). The Balaban J connectivity index is 1.71. The summed E-state index contributed by atoms with van der Waals surface area (Å²) in [6.07, 6.45) is 1.10. The van der Waals surface area contributed by atoms with E-state index in [-0.39, 0.29) is 6.10 Å². The number of ether oxygens (including phenoxy) is 3.